The number of fused-ring (bicyclic) bond motifs is 7. The van der Waals surface area contributed by atoms with Gasteiger partial charge in [-0.25, -0.2) is 0 Å². The Morgan fingerprint density at radius 2 is 1.62 bits per heavy atom. The fourth-order valence-corrected chi connectivity index (χ4v) is 10.7. The van der Waals surface area contributed by atoms with Gasteiger partial charge >= 0.3 is 0 Å². The summed E-state index contributed by atoms with van der Waals surface area (Å²) in [4.78, 5) is 12.6. The molecule has 0 aliphatic heterocycles. The monoisotopic (exact) mass is 440 g/mol. The van der Waals surface area contributed by atoms with Crippen molar-refractivity contribution < 1.29 is 9.90 Å². The van der Waals surface area contributed by atoms with Gasteiger partial charge in [-0.05, 0) is 109 Å². The predicted molar refractivity (Wildman–Crippen MR) is 131 cm³/mol. The normalized spacial score (nSPS) is 56.7. The zero-order chi connectivity index (χ0) is 23.3. The van der Waals surface area contributed by atoms with Crippen LogP contribution in [-0.4, -0.2) is 17.5 Å². The van der Waals surface area contributed by atoms with E-state index in [1.54, 1.807) is 5.57 Å². The number of carbonyl (C=O) groups excluding carboxylic acids is 1. The molecule has 10 atom stereocenters. The highest BCUT2D eigenvalue weighted by atomic mass is 16.3. The summed E-state index contributed by atoms with van der Waals surface area (Å²) >= 11 is 0. The molecule has 5 aliphatic carbocycles. The van der Waals surface area contributed by atoms with E-state index in [0.29, 0.717) is 35.0 Å². The largest absolute Gasteiger partial charge is 0.393 e. The zero-order valence-corrected chi connectivity index (χ0v) is 21.8. The molecule has 5 aliphatic rings. The van der Waals surface area contributed by atoms with E-state index in [1.165, 1.54) is 38.4 Å². The smallest absolute Gasteiger partial charge is 0.126 e. The third-order valence-corrected chi connectivity index (χ3v) is 13.3. The molecule has 2 nitrogen and oxygen atoms in total. The van der Waals surface area contributed by atoms with Crippen LogP contribution < -0.4 is 0 Å². The first-order chi connectivity index (χ1) is 14.9. The first-order valence-electron chi connectivity index (χ1n) is 13.7. The first kappa shape index (κ1) is 23.1. The average Bonchev–Trinajstić information content (AvgIpc) is 2.74. The lowest BCUT2D eigenvalue weighted by Gasteiger charge is -2.71. The highest BCUT2D eigenvalue weighted by molar-refractivity contribution is 5.63. The molecule has 0 aromatic rings. The summed E-state index contributed by atoms with van der Waals surface area (Å²) in [6, 6.07) is 0. The Morgan fingerprint density at radius 3 is 2.31 bits per heavy atom. The van der Waals surface area contributed by atoms with Crippen molar-refractivity contribution in [3.63, 3.8) is 0 Å². The molecule has 0 amide bonds. The van der Waals surface area contributed by atoms with Gasteiger partial charge in [0.25, 0.3) is 0 Å². The first-order valence-corrected chi connectivity index (χ1v) is 13.7. The van der Waals surface area contributed by atoms with Crippen LogP contribution in [-0.2, 0) is 4.79 Å². The molecule has 5 rings (SSSR count). The van der Waals surface area contributed by atoms with Gasteiger partial charge in [-0.1, -0.05) is 60.1 Å². The molecule has 1 N–H and O–H groups in total. The highest BCUT2D eigenvalue weighted by Crippen LogP contribution is 2.75. The van der Waals surface area contributed by atoms with Crippen LogP contribution in [0.25, 0.3) is 0 Å². The molecule has 32 heavy (non-hydrogen) atoms. The number of hydrogen-bond acceptors (Lipinski definition) is 2. The van der Waals surface area contributed by atoms with Crippen LogP contribution in [0.3, 0.4) is 0 Å². The second kappa shape index (κ2) is 6.96. The molecule has 4 fully saturated rings. The van der Waals surface area contributed by atoms with Gasteiger partial charge in [-0.3, -0.25) is 0 Å². The Kier molecular flexibility index (Phi) is 5.03. The standard InChI is InChI=1S/C30H48O2/c1-19-10-15-30(18-31)17-16-28(6)21(25(30)20(19)2)8-9-23-27(5)13-12-24(32)26(3,4)22(27)11-14-29(23,28)7/h8,18-20,22-25,32H,9-17H2,1-7H3/t19-,20+,22-,23-,24-,25+,27+,28-,29-,30-/m1/s1. The van der Waals surface area contributed by atoms with E-state index < -0.39 is 0 Å². The summed E-state index contributed by atoms with van der Waals surface area (Å²) in [5.41, 5.74) is 2.35. The SMILES string of the molecule is C[C@H]1[C@H](C)CC[C@]2(C=O)CC[C@]3(C)C(=CC[C@@H]4[C@@]5(C)CC[C@@H](O)C(C)(C)[C@H]5CC[C@]43C)[C@H]12. The minimum absolute atomic E-state index is 0.00573. The third kappa shape index (κ3) is 2.60. The van der Waals surface area contributed by atoms with Crippen molar-refractivity contribution in [3.8, 4) is 0 Å². The number of aliphatic hydroxyl groups excluding tert-OH is 1. The second-order valence-corrected chi connectivity index (χ2v) is 14.4. The highest BCUT2D eigenvalue weighted by Gasteiger charge is 2.68. The maximum atomic E-state index is 12.6. The fraction of sp³-hybridized carbons (Fsp3) is 0.900. The topological polar surface area (TPSA) is 37.3 Å². The molecule has 0 spiro atoms. The van der Waals surface area contributed by atoms with Crippen molar-refractivity contribution in [2.24, 2.45) is 56.7 Å². The zero-order valence-electron chi connectivity index (χ0n) is 21.8. The van der Waals surface area contributed by atoms with Crippen LogP contribution in [0.15, 0.2) is 11.6 Å². The number of hydrogen-bond donors (Lipinski definition) is 1. The molecule has 0 unspecified atom stereocenters. The van der Waals surface area contributed by atoms with E-state index in [0.717, 1.165) is 25.7 Å². The van der Waals surface area contributed by atoms with Crippen molar-refractivity contribution >= 4 is 6.29 Å². The van der Waals surface area contributed by atoms with Crippen LogP contribution in [0.1, 0.15) is 106 Å². The van der Waals surface area contributed by atoms with E-state index in [-0.39, 0.29) is 27.8 Å². The quantitative estimate of drug-likeness (QED) is 0.346. The average molecular weight is 441 g/mol. The van der Waals surface area contributed by atoms with Crippen LogP contribution in [0, 0.1) is 56.7 Å². The molecule has 2 heteroatoms. The minimum Gasteiger partial charge on any atom is -0.393 e. The van der Waals surface area contributed by atoms with Gasteiger partial charge in [-0.2, -0.15) is 0 Å². The molecular weight excluding hydrogens is 392 g/mol. The summed E-state index contributed by atoms with van der Waals surface area (Å²) < 4.78 is 0. The van der Waals surface area contributed by atoms with Crippen molar-refractivity contribution in [1.82, 2.24) is 0 Å². The van der Waals surface area contributed by atoms with Crippen LogP contribution in [0.4, 0.5) is 0 Å². The van der Waals surface area contributed by atoms with Crippen LogP contribution >= 0.6 is 0 Å². The Bertz CT molecular complexity index is 827. The Hall–Kier alpha value is -0.630. The molecule has 180 valence electrons. The van der Waals surface area contributed by atoms with Crippen LogP contribution in [0.5, 0.6) is 0 Å². The third-order valence-electron chi connectivity index (χ3n) is 13.3. The van der Waals surface area contributed by atoms with Crippen molar-refractivity contribution in [1.29, 1.82) is 0 Å². The molecule has 0 radical (unpaired) electrons. The lowest BCUT2D eigenvalue weighted by atomic mass is 9.33. The van der Waals surface area contributed by atoms with Gasteiger partial charge in [0.1, 0.15) is 6.29 Å². The second-order valence-electron chi connectivity index (χ2n) is 14.4. The maximum Gasteiger partial charge on any atom is 0.126 e. The van der Waals surface area contributed by atoms with Crippen LogP contribution in [0.2, 0.25) is 0 Å². The van der Waals surface area contributed by atoms with E-state index in [1.807, 2.05) is 0 Å². The van der Waals surface area contributed by atoms with Gasteiger partial charge in [0.05, 0.1) is 6.10 Å². The Balaban J connectivity index is 1.60. The fourth-order valence-electron chi connectivity index (χ4n) is 10.7. The van der Waals surface area contributed by atoms with E-state index >= 15 is 0 Å². The number of carbonyl (C=O) groups is 1. The molecule has 4 saturated carbocycles. The summed E-state index contributed by atoms with van der Waals surface area (Å²) in [5, 5.41) is 10.9. The number of rotatable bonds is 1. The molecule has 0 heterocycles. The van der Waals surface area contributed by atoms with Gasteiger partial charge in [0.2, 0.25) is 0 Å². The maximum absolute atomic E-state index is 12.6. The molecule has 0 bridgehead atoms. The summed E-state index contributed by atoms with van der Waals surface area (Å²) in [5.74, 6) is 3.01. The lowest BCUT2D eigenvalue weighted by Crippen LogP contribution is -2.65. The van der Waals surface area contributed by atoms with Gasteiger partial charge in [0, 0.05) is 5.41 Å². The Labute approximate surface area is 197 Å². The summed E-state index contributed by atoms with van der Waals surface area (Å²) in [6.07, 6.45) is 14.2. The lowest BCUT2D eigenvalue weighted by molar-refractivity contribution is -0.203. The van der Waals surface area contributed by atoms with Crippen molar-refractivity contribution in [2.45, 2.75) is 112 Å². The minimum atomic E-state index is -0.164. The predicted octanol–water partition coefficient (Wildman–Crippen LogP) is 7.20. The van der Waals surface area contributed by atoms with Gasteiger partial charge < -0.3 is 9.90 Å². The number of aliphatic hydroxyl groups is 1. The molecule has 0 aromatic heterocycles. The molecular formula is C30H48O2. The van der Waals surface area contributed by atoms with Crippen molar-refractivity contribution in [2.75, 3.05) is 0 Å². The summed E-state index contributed by atoms with van der Waals surface area (Å²) in [6.45, 7) is 17.3. The molecule has 0 aromatic carbocycles. The van der Waals surface area contributed by atoms with E-state index in [9.17, 15) is 9.90 Å². The van der Waals surface area contributed by atoms with Crippen molar-refractivity contribution in [3.05, 3.63) is 11.6 Å². The van der Waals surface area contributed by atoms with E-state index in [2.05, 4.69) is 54.5 Å². The number of aldehydes is 1. The molecule has 0 saturated heterocycles. The number of allylic oxidation sites excluding steroid dienone is 2. The van der Waals surface area contributed by atoms with Gasteiger partial charge in [-0.15, -0.1) is 0 Å². The summed E-state index contributed by atoms with van der Waals surface area (Å²) in [7, 11) is 0. The Morgan fingerprint density at radius 1 is 0.906 bits per heavy atom. The van der Waals surface area contributed by atoms with E-state index in [4.69, 9.17) is 0 Å². The van der Waals surface area contributed by atoms with Gasteiger partial charge in [0.15, 0.2) is 0 Å².